The minimum atomic E-state index is -4.69. The average Bonchev–Trinajstić information content (AvgIpc) is 3.12. The van der Waals surface area contributed by atoms with Crippen LogP contribution in [0.15, 0.2) is 36.4 Å². The highest BCUT2D eigenvalue weighted by molar-refractivity contribution is 5.91. The Morgan fingerprint density at radius 1 is 1.10 bits per heavy atom. The molecule has 4 rings (SSSR count). The van der Waals surface area contributed by atoms with E-state index < -0.39 is 24.3 Å². The van der Waals surface area contributed by atoms with Gasteiger partial charge >= 0.3 is 6.18 Å². The Morgan fingerprint density at radius 2 is 1.83 bits per heavy atom. The highest BCUT2D eigenvalue weighted by Crippen LogP contribution is 2.38. The summed E-state index contributed by atoms with van der Waals surface area (Å²) in [5.74, 6) is -0.822. The van der Waals surface area contributed by atoms with Crippen LogP contribution in [0.3, 0.4) is 0 Å². The molecule has 0 aliphatic heterocycles. The summed E-state index contributed by atoms with van der Waals surface area (Å²) in [5.41, 5.74) is 5.11. The number of pyridine rings is 1. The van der Waals surface area contributed by atoms with Crippen molar-refractivity contribution in [3.63, 3.8) is 0 Å². The first kappa shape index (κ1) is 19.7. The van der Waals surface area contributed by atoms with Crippen LogP contribution in [0.1, 0.15) is 17.2 Å². The van der Waals surface area contributed by atoms with E-state index in [1.165, 1.54) is 31.2 Å². The molecule has 154 valence electrons. The molecule has 3 N–H and O–H groups in total. The molecule has 0 amide bonds. The number of aliphatic hydroxyl groups is 1. The van der Waals surface area contributed by atoms with E-state index in [1.807, 2.05) is 0 Å². The number of nitrogens with zero attached hydrogens (tertiary/aromatic N) is 5. The first-order valence-electron chi connectivity index (χ1n) is 8.66. The zero-order valence-electron chi connectivity index (χ0n) is 15.4. The van der Waals surface area contributed by atoms with E-state index in [2.05, 4.69) is 20.1 Å². The van der Waals surface area contributed by atoms with Crippen LogP contribution in [0.5, 0.6) is 0 Å². The summed E-state index contributed by atoms with van der Waals surface area (Å²) in [7, 11) is 0. The van der Waals surface area contributed by atoms with Crippen LogP contribution in [0.4, 0.5) is 23.5 Å². The molecule has 0 spiro atoms. The smallest absolute Gasteiger partial charge is 0.388 e. The van der Waals surface area contributed by atoms with Gasteiger partial charge in [-0.05, 0) is 36.8 Å². The lowest BCUT2D eigenvalue weighted by atomic mass is 9.99. The van der Waals surface area contributed by atoms with Crippen molar-refractivity contribution < 1.29 is 22.7 Å². The van der Waals surface area contributed by atoms with Gasteiger partial charge in [0.25, 0.3) is 0 Å². The van der Waals surface area contributed by atoms with Crippen LogP contribution in [0.2, 0.25) is 0 Å². The molecule has 3 aromatic heterocycles. The van der Waals surface area contributed by atoms with Gasteiger partial charge in [0, 0.05) is 11.3 Å². The third-order valence-corrected chi connectivity index (χ3v) is 4.36. The Balaban J connectivity index is 2.14. The normalized spacial score (nSPS) is 11.9. The largest absolute Gasteiger partial charge is 0.433 e. The maximum absolute atomic E-state index is 14.6. The number of aryl methyl sites for hydroxylation is 1. The number of aromatic nitrogens is 5. The van der Waals surface area contributed by atoms with Crippen molar-refractivity contribution in [2.45, 2.75) is 19.7 Å². The Morgan fingerprint density at radius 3 is 2.50 bits per heavy atom. The summed E-state index contributed by atoms with van der Waals surface area (Å²) in [6.45, 7) is 0.880. The minimum Gasteiger partial charge on any atom is -0.388 e. The molecule has 0 aliphatic carbocycles. The Bertz CT molecular complexity index is 1270. The van der Waals surface area contributed by atoms with E-state index in [9.17, 15) is 22.7 Å². The van der Waals surface area contributed by atoms with Crippen molar-refractivity contribution in [2.24, 2.45) is 0 Å². The molecule has 11 heteroatoms. The first-order chi connectivity index (χ1) is 14.2. The summed E-state index contributed by atoms with van der Waals surface area (Å²) >= 11 is 0. The maximum Gasteiger partial charge on any atom is 0.433 e. The van der Waals surface area contributed by atoms with Gasteiger partial charge in [-0.1, -0.05) is 12.1 Å². The van der Waals surface area contributed by atoms with Gasteiger partial charge in [-0.2, -0.15) is 17.7 Å². The fourth-order valence-electron chi connectivity index (χ4n) is 3.14. The molecule has 0 radical (unpaired) electrons. The summed E-state index contributed by atoms with van der Waals surface area (Å²) < 4.78 is 55.7. The van der Waals surface area contributed by atoms with Crippen LogP contribution in [0.25, 0.3) is 28.0 Å². The van der Waals surface area contributed by atoms with E-state index in [4.69, 9.17) is 5.73 Å². The second-order valence-electron chi connectivity index (χ2n) is 6.48. The first-order valence-corrected chi connectivity index (χ1v) is 8.66. The van der Waals surface area contributed by atoms with Crippen LogP contribution in [-0.2, 0) is 12.8 Å². The molecule has 0 aliphatic rings. The predicted molar refractivity (Wildman–Crippen MR) is 99.5 cm³/mol. The summed E-state index contributed by atoms with van der Waals surface area (Å²) in [5, 5.41) is 13.4. The van der Waals surface area contributed by atoms with Crippen LogP contribution in [0, 0.1) is 12.7 Å². The fourth-order valence-corrected chi connectivity index (χ4v) is 3.14. The van der Waals surface area contributed by atoms with Gasteiger partial charge in [-0.25, -0.2) is 19.3 Å². The lowest BCUT2D eigenvalue weighted by molar-refractivity contribution is -0.141. The van der Waals surface area contributed by atoms with Crippen LogP contribution < -0.4 is 5.73 Å². The lowest BCUT2D eigenvalue weighted by Gasteiger charge is -2.14. The number of anilines is 1. The number of hydrogen-bond donors (Lipinski definition) is 2. The summed E-state index contributed by atoms with van der Waals surface area (Å²) in [6, 6.07) is 7.89. The fraction of sp³-hybridized carbons (Fsp3) is 0.158. The van der Waals surface area contributed by atoms with Crippen LogP contribution >= 0.6 is 0 Å². The number of halogens is 4. The third kappa shape index (κ3) is 3.32. The Hall–Kier alpha value is -3.60. The van der Waals surface area contributed by atoms with E-state index >= 15 is 0 Å². The van der Waals surface area contributed by atoms with Gasteiger partial charge < -0.3 is 10.8 Å². The molecule has 1 aromatic carbocycles. The van der Waals surface area contributed by atoms with Gasteiger partial charge in [0.15, 0.2) is 11.5 Å². The van der Waals surface area contributed by atoms with Crippen molar-refractivity contribution in [1.82, 2.24) is 24.6 Å². The zero-order chi connectivity index (χ0) is 21.6. The molecule has 7 nitrogen and oxygen atoms in total. The molecule has 0 fully saturated rings. The van der Waals surface area contributed by atoms with E-state index in [0.717, 1.165) is 10.6 Å². The zero-order valence-corrected chi connectivity index (χ0v) is 15.4. The predicted octanol–water partition coefficient (Wildman–Crippen LogP) is 3.39. The molecule has 30 heavy (non-hydrogen) atoms. The molecule has 3 heterocycles. The van der Waals surface area contributed by atoms with Crippen molar-refractivity contribution in [3.8, 4) is 22.4 Å². The number of hydrogen-bond acceptors (Lipinski definition) is 6. The highest BCUT2D eigenvalue weighted by Gasteiger charge is 2.34. The van der Waals surface area contributed by atoms with Gasteiger partial charge in [0.2, 0.25) is 5.95 Å². The standard InChI is InChI=1S/C19H14F4N6O/c1-9-6-10(7-13(25-9)19(21,22)23)15-16(11-4-2-3-5-12(11)20)27-18(24)29-17(15)26-14(8-30)28-29/h2-7,30H,8H2,1H3,(H2,24,27). The minimum absolute atomic E-state index is 0.00582. The molecular formula is C19H14F4N6O. The van der Waals surface area contributed by atoms with Gasteiger partial charge in [-0.15, -0.1) is 5.10 Å². The number of alkyl halides is 3. The van der Waals surface area contributed by atoms with E-state index in [0.29, 0.717) is 0 Å². The Kier molecular flexibility index (Phi) is 4.61. The highest BCUT2D eigenvalue weighted by atomic mass is 19.4. The van der Waals surface area contributed by atoms with E-state index in [1.54, 1.807) is 6.07 Å². The molecule has 0 saturated heterocycles. The monoisotopic (exact) mass is 418 g/mol. The summed E-state index contributed by atoms with van der Waals surface area (Å²) in [4.78, 5) is 11.9. The molecule has 0 unspecified atom stereocenters. The maximum atomic E-state index is 14.6. The topological polar surface area (TPSA) is 102 Å². The Labute approximate surface area is 166 Å². The second kappa shape index (κ2) is 7.02. The van der Waals surface area contributed by atoms with Crippen molar-refractivity contribution >= 4 is 11.6 Å². The third-order valence-electron chi connectivity index (χ3n) is 4.36. The molecular weight excluding hydrogens is 404 g/mol. The number of rotatable bonds is 3. The summed E-state index contributed by atoms with van der Waals surface area (Å²) in [6.07, 6.45) is -4.69. The van der Waals surface area contributed by atoms with Crippen molar-refractivity contribution in [2.75, 3.05) is 5.73 Å². The molecule has 4 aromatic rings. The number of benzene rings is 1. The van der Waals surface area contributed by atoms with Crippen LogP contribution in [-0.4, -0.2) is 29.7 Å². The molecule has 0 bridgehead atoms. The van der Waals surface area contributed by atoms with Gasteiger partial charge in [-0.3, -0.25) is 0 Å². The molecule has 0 saturated carbocycles. The number of nitrogen functional groups attached to an aromatic ring is 1. The number of fused-ring (bicyclic) bond motifs is 1. The van der Waals surface area contributed by atoms with E-state index in [-0.39, 0.29) is 45.5 Å². The molecule has 0 atom stereocenters. The van der Waals surface area contributed by atoms with Gasteiger partial charge in [0.05, 0.1) is 11.3 Å². The number of nitrogens with two attached hydrogens (primary N) is 1. The average molecular weight is 418 g/mol. The van der Waals surface area contributed by atoms with Crippen molar-refractivity contribution in [3.05, 3.63) is 59.4 Å². The lowest BCUT2D eigenvalue weighted by Crippen LogP contribution is -2.10. The van der Waals surface area contributed by atoms with Gasteiger partial charge in [0.1, 0.15) is 18.1 Å². The quantitative estimate of drug-likeness (QED) is 0.495. The van der Waals surface area contributed by atoms with Crippen molar-refractivity contribution in [1.29, 1.82) is 0 Å². The number of aliphatic hydroxyl groups excluding tert-OH is 1. The second-order valence-corrected chi connectivity index (χ2v) is 6.48. The SMILES string of the molecule is Cc1cc(-c2c(-c3ccccc3F)nc(N)n3nc(CO)nc23)cc(C(F)(F)F)n1.